The summed E-state index contributed by atoms with van der Waals surface area (Å²) in [6.07, 6.45) is 0.901. The van der Waals surface area contributed by atoms with E-state index in [1.165, 1.54) is 7.11 Å². The quantitative estimate of drug-likeness (QED) is 0.640. The summed E-state index contributed by atoms with van der Waals surface area (Å²) >= 11 is 0. The highest BCUT2D eigenvalue weighted by Crippen LogP contribution is 2.10. The largest absolute Gasteiger partial charge is 0.467 e. The van der Waals surface area contributed by atoms with Gasteiger partial charge < -0.3 is 20.1 Å². The molecule has 0 radical (unpaired) electrons. The molecule has 18 heavy (non-hydrogen) atoms. The first-order valence-electron chi connectivity index (χ1n) is 6.15. The molecule has 7 nitrogen and oxygen atoms in total. The highest BCUT2D eigenvalue weighted by atomic mass is 16.5. The van der Waals surface area contributed by atoms with Crippen LogP contribution in [0.15, 0.2) is 0 Å². The fourth-order valence-electron chi connectivity index (χ4n) is 1.28. The van der Waals surface area contributed by atoms with Crippen LogP contribution in [0.2, 0.25) is 0 Å². The van der Waals surface area contributed by atoms with Gasteiger partial charge in [-0.15, -0.1) is 0 Å². The zero-order valence-corrected chi connectivity index (χ0v) is 11.2. The Hall–Kier alpha value is -1.63. The third kappa shape index (κ3) is 5.13. The summed E-state index contributed by atoms with van der Waals surface area (Å²) in [5, 5.41) is 6.14. The first-order chi connectivity index (χ1) is 8.80. The molecular weight excluding hydrogens is 234 g/mol. The molecule has 102 valence electrons. The molecule has 0 bridgehead atoms. The Labute approximate surface area is 107 Å². The maximum Gasteiger partial charge on any atom is 0.322 e. The van der Waals surface area contributed by atoms with Crippen molar-refractivity contribution in [3.8, 4) is 6.01 Å². The molecule has 0 aliphatic rings. The van der Waals surface area contributed by atoms with E-state index < -0.39 is 0 Å². The lowest BCUT2D eigenvalue weighted by molar-refractivity contribution is 0.147. The molecule has 2 N–H and O–H groups in total. The van der Waals surface area contributed by atoms with Gasteiger partial charge in [-0.25, -0.2) is 0 Å². The lowest BCUT2D eigenvalue weighted by Gasteiger charge is -2.08. The lowest BCUT2D eigenvalue weighted by atomic mass is 10.4. The molecule has 0 spiro atoms. The van der Waals surface area contributed by atoms with Gasteiger partial charge in [0.1, 0.15) is 0 Å². The molecule has 0 unspecified atom stereocenters. The lowest BCUT2D eigenvalue weighted by Crippen LogP contribution is -2.12. The zero-order valence-electron chi connectivity index (χ0n) is 11.2. The van der Waals surface area contributed by atoms with Crippen molar-refractivity contribution in [2.24, 2.45) is 0 Å². The van der Waals surface area contributed by atoms with Crippen LogP contribution in [0.25, 0.3) is 0 Å². The second kappa shape index (κ2) is 8.46. The van der Waals surface area contributed by atoms with Crippen molar-refractivity contribution < 1.29 is 9.47 Å². The fraction of sp³-hybridized carbons (Fsp3) is 0.727. The molecule has 1 aromatic heterocycles. The van der Waals surface area contributed by atoms with Gasteiger partial charge in [-0.3, -0.25) is 0 Å². The molecule has 0 aromatic carbocycles. The maximum atomic E-state index is 5.25. The Kier molecular flexibility index (Phi) is 6.78. The molecule has 1 heterocycles. The van der Waals surface area contributed by atoms with E-state index in [1.54, 1.807) is 0 Å². The minimum atomic E-state index is 0.299. The van der Waals surface area contributed by atoms with Gasteiger partial charge in [0.15, 0.2) is 0 Å². The van der Waals surface area contributed by atoms with Gasteiger partial charge in [-0.1, -0.05) is 0 Å². The Balaban J connectivity index is 2.50. The van der Waals surface area contributed by atoms with Crippen molar-refractivity contribution in [3.05, 3.63) is 0 Å². The molecule has 0 amide bonds. The van der Waals surface area contributed by atoms with Crippen LogP contribution < -0.4 is 15.4 Å². The van der Waals surface area contributed by atoms with Crippen LogP contribution in [0, 0.1) is 0 Å². The minimum Gasteiger partial charge on any atom is -0.467 e. The number of rotatable bonds is 9. The Bertz CT molecular complexity index is 348. The average Bonchev–Trinajstić information content (AvgIpc) is 2.38. The van der Waals surface area contributed by atoms with E-state index in [2.05, 4.69) is 25.6 Å². The summed E-state index contributed by atoms with van der Waals surface area (Å²) in [4.78, 5) is 12.4. The second-order valence-corrected chi connectivity index (χ2v) is 3.48. The molecule has 1 rings (SSSR count). The number of hydrogen-bond acceptors (Lipinski definition) is 7. The minimum absolute atomic E-state index is 0.299. The van der Waals surface area contributed by atoms with Crippen LogP contribution in [0.1, 0.15) is 20.3 Å². The molecule has 0 saturated carbocycles. The molecule has 0 saturated heterocycles. The van der Waals surface area contributed by atoms with E-state index in [-0.39, 0.29) is 0 Å². The summed E-state index contributed by atoms with van der Waals surface area (Å²) in [6.45, 7) is 6.92. The predicted molar refractivity (Wildman–Crippen MR) is 70.1 cm³/mol. The van der Waals surface area contributed by atoms with E-state index in [0.29, 0.717) is 17.9 Å². The summed E-state index contributed by atoms with van der Waals surface area (Å²) in [5.74, 6) is 1.02. The van der Waals surface area contributed by atoms with Gasteiger partial charge in [0, 0.05) is 26.3 Å². The normalized spacial score (nSPS) is 10.2. The third-order valence-electron chi connectivity index (χ3n) is 2.09. The van der Waals surface area contributed by atoms with E-state index in [1.807, 2.05) is 13.8 Å². The van der Waals surface area contributed by atoms with Gasteiger partial charge >= 0.3 is 6.01 Å². The predicted octanol–water partition coefficient (Wildman–Crippen LogP) is 1.15. The Morgan fingerprint density at radius 2 is 1.78 bits per heavy atom. The molecule has 0 aliphatic carbocycles. The average molecular weight is 255 g/mol. The maximum absolute atomic E-state index is 5.25. The third-order valence-corrected chi connectivity index (χ3v) is 2.09. The van der Waals surface area contributed by atoms with Crippen molar-refractivity contribution in [2.75, 3.05) is 44.0 Å². The van der Waals surface area contributed by atoms with E-state index in [4.69, 9.17) is 9.47 Å². The Morgan fingerprint density at radius 3 is 2.39 bits per heavy atom. The van der Waals surface area contributed by atoms with Crippen molar-refractivity contribution in [1.82, 2.24) is 15.0 Å². The molecule has 7 heteroatoms. The Morgan fingerprint density at radius 1 is 1.06 bits per heavy atom. The summed E-state index contributed by atoms with van der Waals surface area (Å²) in [6, 6.07) is 0.299. The number of nitrogens with zero attached hydrogens (tertiary/aromatic N) is 3. The van der Waals surface area contributed by atoms with Gasteiger partial charge in [-0.2, -0.15) is 15.0 Å². The highest BCUT2D eigenvalue weighted by Gasteiger charge is 2.05. The number of aromatic nitrogens is 3. The van der Waals surface area contributed by atoms with Crippen LogP contribution in [-0.4, -0.2) is 48.4 Å². The van der Waals surface area contributed by atoms with Gasteiger partial charge in [0.2, 0.25) is 11.9 Å². The first-order valence-corrected chi connectivity index (χ1v) is 6.15. The monoisotopic (exact) mass is 255 g/mol. The van der Waals surface area contributed by atoms with Gasteiger partial charge in [0.05, 0.1) is 7.11 Å². The number of ether oxygens (including phenoxy) is 2. The summed E-state index contributed by atoms with van der Waals surface area (Å²) < 4.78 is 10.3. The number of hydrogen-bond donors (Lipinski definition) is 2. The van der Waals surface area contributed by atoms with Crippen molar-refractivity contribution in [3.63, 3.8) is 0 Å². The van der Waals surface area contributed by atoms with Crippen molar-refractivity contribution >= 4 is 11.9 Å². The summed E-state index contributed by atoms with van der Waals surface area (Å²) in [5.41, 5.74) is 0. The number of anilines is 2. The number of nitrogens with one attached hydrogen (secondary N) is 2. The smallest absolute Gasteiger partial charge is 0.322 e. The summed E-state index contributed by atoms with van der Waals surface area (Å²) in [7, 11) is 1.53. The van der Waals surface area contributed by atoms with Crippen LogP contribution in [0.5, 0.6) is 6.01 Å². The molecule has 0 fully saturated rings. The standard InChI is InChI=1S/C11H21N5O2/c1-4-12-9-14-10(16-11(15-9)17-3)13-7-6-8-18-5-2/h4-8H2,1-3H3,(H2,12,13,14,15,16). The number of methoxy groups -OCH3 is 1. The van der Waals surface area contributed by atoms with Crippen LogP contribution in [-0.2, 0) is 4.74 Å². The fourth-order valence-corrected chi connectivity index (χ4v) is 1.28. The molecule has 0 aliphatic heterocycles. The van der Waals surface area contributed by atoms with Gasteiger partial charge in [0.25, 0.3) is 0 Å². The van der Waals surface area contributed by atoms with Crippen molar-refractivity contribution in [1.29, 1.82) is 0 Å². The molecule has 1 aromatic rings. The van der Waals surface area contributed by atoms with Crippen LogP contribution in [0.3, 0.4) is 0 Å². The van der Waals surface area contributed by atoms with Crippen LogP contribution in [0.4, 0.5) is 11.9 Å². The highest BCUT2D eigenvalue weighted by molar-refractivity contribution is 5.35. The molecular formula is C11H21N5O2. The molecule has 0 atom stereocenters. The zero-order chi connectivity index (χ0) is 13.2. The van der Waals surface area contributed by atoms with Crippen molar-refractivity contribution in [2.45, 2.75) is 20.3 Å². The topological polar surface area (TPSA) is 81.2 Å². The van der Waals surface area contributed by atoms with E-state index in [0.717, 1.165) is 32.7 Å². The second-order valence-electron chi connectivity index (χ2n) is 3.48. The van der Waals surface area contributed by atoms with E-state index >= 15 is 0 Å². The van der Waals surface area contributed by atoms with Crippen LogP contribution >= 0.6 is 0 Å². The first kappa shape index (κ1) is 14.4. The van der Waals surface area contributed by atoms with Gasteiger partial charge in [-0.05, 0) is 20.3 Å². The SMILES string of the molecule is CCNc1nc(NCCCOCC)nc(OC)n1. The van der Waals surface area contributed by atoms with E-state index in [9.17, 15) is 0 Å².